The highest BCUT2D eigenvalue weighted by molar-refractivity contribution is 6.26. The molecule has 208 valence electrons. The van der Waals surface area contributed by atoms with E-state index in [4.69, 9.17) is 0 Å². The lowest BCUT2D eigenvalue weighted by atomic mass is 9.91. The Bertz CT molecular complexity index is 2790. The molecule has 0 aliphatic carbocycles. The SMILES string of the molecule is c1ccc2cc3c(cc2c1)c1ccccc1n3-c1ccc(-c2ccc3c4ccccc4c4ccccc4c3c2)c2cnncc12. The molecule has 2 heterocycles. The van der Waals surface area contributed by atoms with Gasteiger partial charge in [-0.3, -0.25) is 0 Å². The van der Waals surface area contributed by atoms with Crippen LogP contribution in [0.5, 0.6) is 0 Å². The minimum absolute atomic E-state index is 1.07. The molecule has 45 heavy (non-hydrogen) atoms. The van der Waals surface area contributed by atoms with Crippen LogP contribution in [0.25, 0.3) is 92.5 Å². The zero-order valence-corrected chi connectivity index (χ0v) is 24.3. The van der Waals surface area contributed by atoms with Crippen molar-refractivity contribution in [2.24, 2.45) is 0 Å². The van der Waals surface area contributed by atoms with E-state index < -0.39 is 0 Å². The van der Waals surface area contributed by atoms with Crippen molar-refractivity contribution in [3.63, 3.8) is 0 Å². The molecule has 10 rings (SSSR count). The van der Waals surface area contributed by atoms with Crippen LogP contribution in [-0.4, -0.2) is 14.8 Å². The van der Waals surface area contributed by atoms with Gasteiger partial charge in [0.2, 0.25) is 0 Å². The molecule has 3 heteroatoms. The van der Waals surface area contributed by atoms with Crippen molar-refractivity contribution in [2.75, 3.05) is 0 Å². The Balaban J connectivity index is 1.26. The van der Waals surface area contributed by atoms with E-state index in [2.05, 4.69) is 154 Å². The van der Waals surface area contributed by atoms with E-state index in [0.717, 1.165) is 22.0 Å². The van der Waals surface area contributed by atoms with Crippen LogP contribution < -0.4 is 0 Å². The number of fused-ring (bicyclic) bond motifs is 11. The highest BCUT2D eigenvalue weighted by Crippen LogP contribution is 2.41. The quantitative estimate of drug-likeness (QED) is 0.193. The maximum atomic E-state index is 4.39. The number of benzene rings is 8. The van der Waals surface area contributed by atoms with E-state index in [0.29, 0.717) is 0 Å². The highest BCUT2D eigenvalue weighted by Gasteiger charge is 2.18. The monoisotopic (exact) mass is 571 g/mol. The van der Waals surface area contributed by atoms with E-state index in [9.17, 15) is 0 Å². The van der Waals surface area contributed by atoms with Gasteiger partial charge in [0, 0.05) is 21.5 Å². The molecule has 0 saturated carbocycles. The van der Waals surface area contributed by atoms with E-state index in [1.165, 1.54) is 70.5 Å². The van der Waals surface area contributed by atoms with Crippen molar-refractivity contribution in [2.45, 2.75) is 0 Å². The molecular weight excluding hydrogens is 546 g/mol. The van der Waals surface area contributed by atoms with E-state index in [1.807, 2.05) is 12.4 Å². The van der Waals surface area contributed by atoms with E-state index in [1.54, 1.807) is 0 Å². The highest BCUT2D eigenvalue weighted by atomic mass is 15.1. The Morgan fingerprint density at radius 2 is 0.933 bits per heavy atom. The number of rotatable bonds is 2. The summed E-state index contributed by atoms with van der Waals surface area (Å²) in [6.45, 7) is 0. The van der Waals surface area contributed by atoms with Gasteiger partial charge in [0.15, 0.2) is 0 Å². The fourth-order valence-corrected chi connectivity index (χ4v) is 7.52. The summed E-state index contributed by atoms with van der Waals surface area (Å²) < 4.78 is 2.39. The first kappa shape index (κ1) is 24.4. The van der Waals surface area contributed by atoms with Crippen LogP contribution in [0.4, 0.5) is 0 Å². The summed E-state index contributed by atoms with van der Waals surface area (Å²) in [5.41, 5.74) is 5.78. The van der Waals surface area contributed by atoms with Gasteiger partial charge in [0.05, 0.1) is 29.1 Å². The van der Waals surface area contributed by atoms with Crippen molar-refractivity contribution in [1.29, 1.82) is 0 Å². The second-order valence-corrected chi connectivity index (χ2v) is 11.9. The Kier molecular flexibility index (Phi) is 5.00. The standard InChI is InChI=1S/C42H25N3/c1-2-10-27-23-42-37(21-26(27)9-1)35-15-7-8-16-40(35)45(42)41-20-19-29(38-24-43-44-25-39(38)41)28-17-18-34-32-13-4-3-11-30(32)31-12-5-6-14-33(31)36(34)22-28/h1-25H. The molecule has 0 spiro atoms. The molecule has 3 nitrogen and oxygen atoms in total. The number of hydrogen-bond donors (Lipinski definition) is 0. The maximum absolute atomic E-state index is 4.39. The summed E-state index contributed by atoms with van der Waals surface area (Å²) in [6, 6.07) is 50.8. The third-order valence-electron chi connectivity index (χ3n) is 9.54. The Morgan fingerprint density at radius 1 is 0.356 bits per heavy atom. The van der Waals surface area contributed by atoms with Gasteiger partial charge in [0.1, 0.15) is 0 Å². The molecule has 0 bridgehead atoms. The third-order valence-corrected chi connectivity index (χ3v) is 9.54. The van der Waals surface area contributed by atoms with Crippen LogP contribution in [0.3, 0.4) is 0 Å². The van der Waals surface area contributed by atoms with Crippen LogP contribution in [-0.2, 0) is 0 Å². The second kappa shape index (κ2) is 9.22. The van der Waals surface area contributed by atoms with Crippen molar-refractivity contribution < 1.29 is 0 Å². The van der Waals surface area contributed by atoms with Crippen molar-refractivity contribution >= 4 is 75.7 Å². The Labute approximate surface area is 258 Å². The zero-order chi connectivity index (χ0) is 29.5. The summed E-state index contributed by atoms with van der Waals surface area (Å²) in [7, 11) is 0. The van der Waals surface area contributed by atoms with Crippen molar-refractivity contribution in [3.05, 3.63) is 152 Å². The summed E-state index contributed by atoms with van der Waals surface area (Å²) in [5, 5.41) is 23.5. The van der Waals surface area contributed by atoms with Gasteiger partial charge in [-0.05, 0) is 84.5 Å². The largest absolute Gasteiger partial charge is 0.309 e. The van der Waals surface area contributed by atoms with Crippen molar-refractivity contribution in [1.82, 2.24) is 14.8 Å². The molecule has 2 aromatic heterocycles. The van der Waals surface area contributed by atoms with Gasteiger partial charge in [0.25, 0.3) is 0 Å². The predicted octanol–water partition coefficient (Wildman–Crippen LogP) is 11.0. The van der Waals surface area contributed by atoms with Gasteiger partial charge < -0.3 is 4.57 Å². The average molecular weight is 572 g/mol. The van der Waals surface area contributed by atoms with Crippen LogP contribution in [0.1, 0.15) is 0 Å². The minimum atomic E-state index is 1.07. The van der Waals surface area contributed by atoms with Crippen molar-refractivity contribution in [3.8, 4) is 16.8 Å². The van der Waals surface area contributed by atoms with Crippen LogP contribution >= 0.6 is 0 Å². The minimum Gasteiger partial charge on any atom is -0.309 e. The molecule has 0 unspecified atom stereocenters. The Hall–Kier alpha value is -6.06. The zero-order valence-electron chi connectivity index (χ0n) is 24.3. The molecule has 0 atom stereocenters. The number of hydrogen-bond acceptors (Lipinski definition) is 2. The first-order chi connectivity index (χ1) is 22.3. The predicted molar refractivity (Wildman–Crippen MR) is 189 cm³/mol. The second-order valence-electron chi connectivity index (χ2n) is 11.9. The van der Waals surface area contributed by atoms with Gasteiger partial charge in [-0.2, -0.15) is 10.2 Å². The molecule has 0 amide bonds. The third kappa shape index (κ3) is 3.46. The molecular formula is C42H25N3. The van der Waals surface area contributed by atoms with Gasteiger partial charge in [-0.25, -0.2) is 0 Å². The fraction of sp³-hybridized carbons (Fsp3) is 0. The number of nitrogens with zero attached hydrogens (tertiary/aromatic N) is 3. The smallest absolute Gasteiger partial charge is 0.0596 e. The molecule has 0 aliphatic rings. The number of aromatic nitrogens is 3. The molecule has 0 radical (unpaired) electrons. The molecule has 8 aromatic carbocycles. The van der Waals surface area contributed by atoms with E-state index >= 15 is 0 Å². The molecule has 0 fully saturated rings. The van der Waals surface area contributed by atoms with Gasteiger partial charge >= 0.3 is 0 Å². The molecule has 10 aromatic rings. The van der Waals surface area contributed by atoms with Gasteiger partial charge in [-0.15, -0.1) is 0 Å². The van der Waals surface area contributed by atoms with Gasteiger partial charge in [-0.1, -0.05) is 109 Å². The lowest BCUT2D eigenvalue weighted by Gasteiger charge is -2.15. The first-order valence-electron chi connectivity index (χ1n) is 15.3. The lowest BCUT2D eigenvalue weighted by molar-refractivity contribution is 1.05. The number of para-hydroxylation sites is 1. The maximum Gasteiger partial charge on any atom is 0.0596 e. The topological polar surface area (TPSA) is 30.7 Å². The van der Waals surface area contributed by atoms with Crippen LogP contribution in [0, 0.1) is 0 Å². The summed E-state index contributed by atoms with van der Waals surface area (Å²) in [6.07, 6.45) is 3.83. The molecule has 0 saturated heterocycles. The molecule has 0 aliphatic heterocycles. The van der Waals surface area contributed by atoms with Crippen LogP contribution in [0.2, 0.25) is 0 Å². The average Bonchev–Trinajstić information content (AvgIpc) is 3.43. The van der Waals surface area contributed by atoms with Crippen LogP contribution in [0.15, 0.2) is 152 Å². The fourth-order valence-electron chi connectivity index (χ4n) is 7.52. The first-order valence-corrected chi connectivity index (χ1v) is 15.3. The molecule has 0 N–H and O–H groups in total. The summed E-state index contributed by atoms with van der Waals surface area (Å²) in [4.78, 5) is 0. The van der Waals surface area contributed by atoms with E-state index in [-0.39, 0.29) is 0 Å². The lowest BCUT2D eigenvalue weighted by Crippen LogP contribution is -1.97. The summed E-state index contributed by atoms with van der Waals surface area (Å²) >= 11 is 0. The normalized spacial score (nSPS) is 12.0. The Morgan fingerprint density at radius 3 is 1.67 bits per heavy atom. The summed E-state index contributed by atoms with van der Waals surface area (Å²) in [5.74, 6) is 0.